The van der Waals surface area contributed by atoms with Crippen LogP contribution in [-0.4, -0.2) is 10.2 Å². The van der Waals surface area contributed by atoms with Gasteiger partial charge in [-0.2, -0.15) is 5.10 Å². The summed E-state index contributed by atoms with van der Waals surface area (Å²) in [6.45, 7) is 2.03. The minimum atomic E-state index is 0.365. The molecule has 0 aliphatic rings. The van der Waals surface area contributed by atoms with Gasteiger partial charge in [0, 0.05) is 17.0 Å². The minimum absolute atomic E-state index is 0.365. The molecule has 0 aliphatic carbocycles. The standard InChI is InChI=1S/C15H13Cl2N3O/c1-2-9-4-6-12(21-9)14-13(15(18)20-19-14)10-5-3-8(16)7-11(10)17/h3-7H,2H2,1H3,(H3,18,19,20). The number of aromatic nitrogens is 2. The van der Waals surface area contributed by atoms with Gasteiger partial charge in [0.2, 0.25) is 0 Å². The lowest BCUT2D eigenvalue weighted by Crippen LogP contribution is -1.89. The van der Waals surface area contributed by atoms with Gasteiger partial charge in [0.15, 0.2) is 11.6 Å². The molecule has 4 nitrogen and oxygen atoms in total. The number of halogens is 2. The number of aromatic amines is 1. The van der Waals surface area contributed by atoms with Gasteiger partial charge in [-0.15, -0.1) is 0 Å². The van der Waals surface area contributed by atoms with Crippen molar-refractivity contribution in [2.24, 2.45) is 0 Å². The van der Waals surface area contributed by atoms with Crippen molar-refractivity contribution in [3.05, 3.63) is 46.1 Å². The van der Waals surface area contributed by atoms with Crippen LogP contribution in [0.1, 0.15) is 12.7 Å². The van der Waals surface area contributed by atoms with Crippen LogP contribution >= 0.6 is 23.2 Å². The van der Waals surface area contributed by atoms with E-state index in [-0.39, 0.29) is 0 Å². The Bertz CT molecular complexity index is 792. The fraction of sp³-hybridized carbons (Fsp3) is 0.133. The van der Waals surface area contributed by atoms with Gasteiger partial charge in [-0.05, 0) is 24.3 Å². The third-order valence-electron chi connectivity index (χ3n) is 3.25. The molecule has 1 aromatic carbocycles. The van der Waals surface area contributed by atoms with E-state index in [4.69, 9.17) is 33.4 Å². The molecule has 3 N–H and O–H groups in total. The van der Waals surface area contributed by atoms with E-state index in [0.29, 0.717) is 32.9 Å². The number of hydrogen-bond donors (Lipinski definition) is 2. The topological polar surface area (TPSA) is 67.8 Å². The van der Waals surface area contributed by atoms with Gasteiger partial charge in [0.1, 0.15) is 11.5 Å². The lowest BCUT2D eigenvalue weighted by molar-refractivity contribution is 0.527. The van der Waals surface area contributed by atoms with Crippen LogP contribution in [-0.2, 0) is 6.42 Å². The van der Waals surface area contributed by atoms with Gasteiger partial charge in [-0.25, -0.2) is 0 Å². The summed E-state index contributed by atoms with van der Waals surface area (Å²) in [5, 5.41) is 8.06. The Balaban J connectivity index is 2.17. The normalized spacial score (nSPS) is 11.0. The molecule has 3 rings (SSSR count). The molecule has 108 valence electrons. The molecular weight excluding hydrogens is 309 g/mol. The van der Waals surface area contributed by atoms with Crippen LogP contribution in [0.25, 0.3) is 22.6 Å². The number of furan rings is 1. The van der Waals surface area contributed by atoms with Crippen LogP contribution in [0, 0.1) is 0 Å². The van der Waals surface area contributed by atoms with E-state index >= 15 is 0 Å². The molecule has 2 heterocycles. The van der Waals surface area contributed by atoms with Crippen LogP contribution in [0.5, 0.6) is 0 Å². The highest BCUT2D eigenvalue weighted by Gasteiger charge is 2.19. The maximum absolute atomic E-state index is 6.27. The van der Waals surface area contributed by atoms with Crippen LogP contribution in [0.4, 0.5) is 5.82 Å². The number of H-pyrrole nitrogens is 1. The lowest BCUT2D eigenvalue weighted by atomic mass is 10.0. The van der Waals surface area contributed by atoms with Crippen molar-refractivity contribution >= 4 is 29.0 Å². The fourth-order valence-electron chi connectivity index (χ4n) is 2.20. The third kappa shape index (κ3) is 2.52. The zero-order valence-corrected chi connectivity index (χ0v) is 12.8. The van der Waals surface area contributed by atoms with Gasteiger partial charge in [0.25, 0.3) is 0 Å². The minimum Gasteiger partial charge on any atom is -0.459 e. The first-order chi connectivity index (χ1) is 10.1. The Hall–Kier alpha value is -1.91. The number of nitrogens with zero attached hydrogens (tertiary/aromatic N) is 1. The van der Waals surface area contributed by atoms with Gasteiger partial charge in [-0.3, -0.25) is 5.10 Å². The largest absolute Gasteiger partial charge is 0.459 e. The van der Waals surface area contributed by atoms with Crippen molar-refractivity contribution in [2.45, 2.75) is 13.3 Å². The smallest absolute Gasteiger partial charge is 0.153 e. The number of anilines is 1. The molecule has 0 amide bonds. The molecule has 3 aromatic rings. The van der Waals surface area contributed by atoms with Gasteiger partial charge >= 0.3 is 0 Å². The predicted octanol–water partition coefficient (Wildman–Crippen LogP) is 4.79. The molecule has 0 unspecified atom stereocenters. The highest BCUT2D eigenvalue weighted by Crippen LogP contribution is 2.39. The van der Waals surface area contributed by atoms with E-state index in [1.165, 1.54) is 0 Å². The van der Waals surface area contributed by atoms with Crippen molar-refractivity contribution in [1.82, 2.24) is 10.2 Å². The molecule has 0 radical (unpaired) electrons. The van der Waals surface area contributed by atoms with E-state index in [1.54, 1.807) is 12.1 Å². The quantitative estimate of drug-likeness (QED) is 0.728. The predicted molar refractivity (Wildman–Crippen MR) is 85.5 cm³/mol. The van der Waals surface area contributed by atoms with Gasteiger partial charge in [-0.1, -0.05) is 36.2 Å². The summed E-state index contributed by atoms with van der Waals surface area (Å²) < 4.78 is 5.76. The number of benzene rings is 1. The molecule has 0 fully saturated rings. The van der Waals surface area contributed by atoms with Crippen molar-refractivity contribution < 1.29 is 4.42 Å². The molecule has 0 atom stereocenters. The van der Waals surface area contributed by atoms with E-state index in [2.05, 4.69) is 10.2 Å². The Morgan fingerprint density at radius 3 is 2.71 bits per heavy atom. The number of nitrogens with two attached hydrogens (primary N) is 1. The molecule has 2 aromatic heterocycles. The lowest BCUT2D eigenvalue weighted by Gasteiger charge is -2.06. The van der Waals surface area contributed by atoms with Crippen molar-refractivity contribution in [2.75, 3.05) is 5.73 Å². The maximum Gasteiger partial charge on any atom is 0.153 e. The van der Waals surface area contributed by atoms with E-state index in [0.717, 1.165) is 17.7 Å². The summed E-state index contributed by atoms with van der Waals surface area (Å²) in [4.78, 5) is 0. The van der Waals surface area contributed by atoms with Crippen molar-refractivity contribution in [3.8, 4) is 22.6 Å². The first kappa shape index (κ1) is 14.0. The fourth-order valence-corrected chi connectivity index (χ4v) is 2.70. The van der Waals surface area contributed by atoms with Crippen LogP contribution in [0.2, 0.25) is 10.0 Å². The summed E-state index contributed by atoms with van der Waals surface area (Å²) in [5.74, 6) is 1.94. The maximum atomic E-state index is 6.27. The zero-order valence-electron chi connectivity index (χ0n) is 11.3. The molecule has 0 saturated heterocycles. The number of nitrogen functional groups attached to an aromatic ring is 1. The number of hydrogen-bond acceptors (Lipinski definition) is 3. The van der Waals surface area contributed by atoms with Crippen LogP contribution < -0.4 is 5.73 Å². The summed E-state index contributed by atoms with van der Waals surface area (Å²) in [7, 11) is 0. The first-order valence-electron chi connectivity index (χ1n) is 6.48. The first-order valence-corrected chi connectivity index (χ1v) is 7.24. The second kappa shape index (κ2) is 5.47. The summed E-state index contributed by atoms with van der Waals surface area (Å²) in [6.07, 6.45) is 0.820. The molecule has 21 heavy (non-hydrogen) atoms. The monoisotopic (exact) mass is 321 g/mol. The summed E-state index contributed by atoms with van der Waals surface area (Å²) in [6, 6.07) is 9.07. The second-order valence-corrected chi connectivity index (χ2v) is 5.45. The van der Waals surface area contributed by atoms with E-state index in [1.807, 2.05) is 25.1 Å². The van der Waals surface area contributed by atoms with Crippen LogP contribution in [0.3, 0.4) is 0 Å². The highest BCUT2D eigenvalue weighted by molar-refractivity contribution is 6.36. The van der Waals surface area contributed by atoms with Gasteiger partial charge < -0.3 is 10.2 Å². The molecule has 6 heteroatoms. The molecule has 0 spiro atoms. The van der Waals surface area contributed by atoms with Crippen molar-refractivity contribution in [1.29, 1.82) is 0 Å². The second-order valence-electron chi connectivity index (χ2n) is 4.60. The van der Waals surface area contributed by atoms with E-state index in [9.17, 15) is 0 Å². The van der Waals surface area contributed by atoms with E-state index < -0.39 is 0 Å². The Morgan fingerprint density at radius 1 is 1.24 bits per heavy atom. The van der Waals surface area contributed by atoms with Crippen molar-refractivity contribution in [3.63, 3.8) is 0 Å². The Kier molecular flexibility index (Phi) is 3.66. The molecular formula is C15H13Cl2N3O. The number of aryl methyl sites for hydroxylation is 1. The average molecular weight is 322 g/mol. The molecule has 0 bridgehead atoms. The summed E-state index contributed by atoms with van der Waals surface area (Å²) >= 11 is 12.2. The van der Waals surface area contributed by atoms with Crippen LogP contribution in [0.15, 0.2) is 34.7 Å². The zero-order chi connectivity index (χ0) is 15.0. The Labute approximate surface area is 131 Å². The molecule has 0 aliphatic heterocycles. The molecule has 0 saturated carbocycles. The highest BCUT2D eigenvalue weighted by atomic mass is 35.5. The summed E-state index contributed by atoms with van der Waals surface area (Å²) in [5.41, 5.74) is 8.16. The SMILES string of the molecule is CCc1ccc(-c2[nH]nc(N)c2-c2ccc(Cl)cc2Cl)o1. The Morgan fingerprint density at radius 2 is 2.05 bits per heavy atom. The van der Waals surface area contributed by atoms with Gasteiger partial charge in [0.05, 0.1) is 10.6 Å². The number of rotatable bonds is 3. The third-order valence-corrected chi connectivity index (χ3v) is 3.80. The number of nitrogens with one attached hydrogen (secondary N) is 1. The average Bonchev–Trinajstić information content (AvgIpc) is 3.06.